The first-order chi connectivity index (χ1) is 19.7. The summed E-state index contributed by atoms with van der Waals surface area (Å²) in [6, 6.07) is 18.3. The molecule has 6 rings (SSSR count). The number of benzene rings is 3. The Bertz CT molecular complexity index is 1530. The van der Waals surface area contributed by atoms with E-state index >= 15 is 0 Å². The van der Waals surface area contributed by atoms with E-state index in [2.05, 4.69) is 31.8 Å². The van der Waals surface area contributed by atoms with E-state index in [1.807, 2.05) is 36.4 Å². The van der Waals surface area contributed by atoms with Gasteiger partial charge in [-0.05, 0) is 92.9 Å². The maximum atomic E-state index is 12.9. The quantitative estimate of drug-likeness (QED) is 0.242. The smallest absolute Gasteiger partial charge is 0.453 e. The summed E-state index contributed by atoms with van der Waals surface area (Å²) in [6.07, 6.45) is -1.25. The average molecular weight is 586 g/mol. The Kier molecular flexibility index (Phi) is 7.19. The zero-order valence-corrected chi connectivity index (χ0v) is 23.0. The van der Waals surface area contributed by atoms with Gasteiger partial charge in [0, 0.05) is 10.3 Å². The lowest BCUT2D eigenvalue weighted by Gasteiger charge is -2.44. The van der Waals surface area contributed by atoms with Crippen molar-refractivity contribution in [1.82, 2.24) is 0 Å². The Hall–Kier alpha value is -3.57. The van der Waals surface area contributed by atoms with E-state index in [0.29, 0.717) is 22.9 Å². The topological polar surface area (TPSA) is 83.7 Å². The lowest BCUT2D eigenvalue weighted by atomic mass is 9.86. The number of hydrogen-bond donors (Lipinski definition) is 2. The Labute approximate surface area is 237 Å². The van der Waals surface area contributed by atoms with E-state index in [0.717, 1.165) is 61.2 Å². The molecule has 7 nitrogen and oxygen atoms in total. The van der Waals surface area contributed by atoms with E-state index in [9.17, 15) is 22.5 Å². The number of hydrogen-bond acceptors (Lipinski definition) is 7. The molecule has 4 atom stereocenters. The van der Waals surface area contributed by atoms with Crippen LogP contribution in [0.15, 0.2) is 81.0 Å². The number of aliphatic hydroxyl groups excluding tert-OH is 1. The minimum Gasteiger partial charge on any atom is -0.453 e. The predicted molar refractivity (Wildman–Crippen MR) is 151 cm³/mol. The lowest BCUT2D eigenvalue weighted by Crippen LogP contribution is -2.49. The molecule has 0 radical (unpaired) electrons. The molecule has 2 fully saturated rings. The highest BCUT2D eigenvalue weighted by Crippen LogP contribution is 2.54. The number of alkyl halides is 3. The lowest BCUT2D eigenvalue weighted by molar-refractivity contribution is -0.274. The van der Waals surface area contributed by atoms with Gasteiger partial charge in [0.15, 0.2) is 11.5 Å². The number of halogens is 3. The minimum atomic E-state index is -4.79. The van der Waals surface area contributed by atoms with Gasteiger partial charge in [-0.25, -0.2) is 8.57 Å². The fraction of sp³-hybridized carbons (Fsp3) is 0.367. The summed E-state index contributed by atoms with van der Waals surface area (Å²) in [5.74, 6) is 1.03. The maximum Gasteiger partial charge on any atom is 0.573 e. The van der Waals surface area contributed by atoms with Crippen LogP contribution in [0.25, 0.3) is 0 Å². The molecule has 11 heteroatoms. The third-order valence-electron chi connectivity index (χ3n) is 8.18. The second kappa shape index (κ2) is 10.7. The second-order valence-electron chi connectivity index (χ2n) is 10.8. The predicted octanol–water partition coefficient (Wildman–Crippen LogP) is 6.57. The van der Waals surface area contributed by atoms with Crippen LogP contribution in [-0.4, -0.2) is 47.1 Å². The molecule has 1 unspecified atom stereocenters. The van der Waals surface area contributed by atoms with Gasteiger partial charge in [-0.3, -0.25) is 4.99 Å². The monoisotopic (exact) mass is 585 g/mol. The molecule has 2 saturated carbocycles. The number of nitrogens with zero attached hydrogens (tertiary/aromatic N) is 3. The van der Waals surface area contributed by atoms with E-state index in [-0.39, 0.29) is 23.2 Å². The van der Waals surface area contributed by atoms with Crippen molar-refractivity contribution in [2.24, 2.45) is 9.36 Å². The molecule has 41 heavy (non-hydrogen) atoms. The van der Waals surface area contributed by atoms with Crippen molar-refractivity contribution >= 4 is 28.7 Å². The molecule has 0 bridgehead atoms. The van der Waals surface area contributed by atoms with Crippen LogP contribution in [0.2, 0.25) is 0 Å². The van der Waals surface area contributed by atoms with Gasteiger partial charge in [0.05, 0.1) is 46.7 Å². The SMILES string of the molecule is C=N[C@@H]1CCC[C@H](N2c3ccccc3Oc3ccc(C4(C/N=[SH](=O)\c5ccc(OC(F)(F)F)cc5)CC4)cc32)[C@H]1O. The minimum absolute atomic E-state index is 0.211. The van der Waals surface area contributed by atoms with Gasteiger partial charge in [0.1, 0.15) is 5.75 Å². The Balaban J connectivity index is 1.28. The van der Waals surface area contributed by atoms with Gasteiger partial charge in [-0.2, -0.15) is 0 Å². The zero-order valence-electron chi connectivity index (χ0n) is 22.1. The number of thiol groups is 1. The van der Waals surface area contributed by atoms with Gasteiger partial charge in [0.2, 0.25) is 0 Å². The van der Waals surface area contributed by atoms with Crippen molar-refractivity contribution in [2.45, 2.75) is 67.0 Å². The van der Waals surface area contributed by atoms with E-state index in [1.54, 1.807) is 0 Å². The van der Waals surface area contributed by atoms with Crippen LogP contribution in [0.1, 0.15) is 37.7 Å². The normalized spacial score (nSPS) is 23.6. The van der Waals surface area contributed by atoms with Crippen molar-refractivity contribution in [2.75, 3.05) is 11.4 Å². The van der Waals surface area contributed by atoms with E-state index in [1.165, 1.54) is 12.1 Å². The first-order valence-electron chi connectivity index (χ1n) is 13.5. The van der Waals surface area contributed by atoms with Crippen LogP contribution in [0, 0.1) is 0 Å². The van der Waals surface area contributed by atoms with Gasteiger partial charge in [-0.1, -0.05) is 18.2 Å². The molecule has 1 N–H and O–H groups in total. The fourth-order valence-corrected chi connectivity index (χ4v) is 6.80. The van der Waals surface area contributed by atoms with Crippen LogP contribution in [-0.2, 0) is 16.0 Å². The largest absolute Gasteiger partial charge is 0.573 e. The molecule has 0 saturated heterocycles. The molecular formula is C30H30F3N3O4S. The molecule has 1 heterocycles. The highest BCUT2D eigenvalue weighted by atomic mass is 32.2. The summed E-state index contributed by atoms with van der Waals surface area (Å²) in [4.78, 5) is 6.68. The Morgan fingerprint density at radius 3 is 2.49 bits per heavy atom. The molecule has 216 valence electrons. The summed E-state index contributed by atoms with van der Waals surface area (Å²) in [5, 5.41) is 11.3. The maximum absolute atomic E-state index is 12.9. The Morgan fingerprint density at radius 2 is 1.78 bits per heavy atom. The Morgan fingerprint density at radius 1 is 1.05 bits per heavy atom. The van der Waals surface area contributed by atoms with E-state index in [4.69, 9.17) is 4.74 Å². The molecule has 3 aromatic rings. The van der Waals surface area contributed by atoms with Crippen LogP contribution >= 0.6 is 0 Å². The summed E-state index contributed by atoms with van der Waals surface area (Å²) in [5.41, 5.74) is 2.47. The molecule has 2 aliphatic carbocycles. The molecule has 3 aliphatic rings. The van der Waals surface area contributed by atoms with Crippen LogP contribution in [0.3, 0.4) is 0 Å². The van der Waals surface area contributed by atoms with Crippen molar-refractivity contribution in [3.05, 3.63) is 72.3 Å². The number of ether oxygens (including phenoxy) is 2. The number of rotatable bonds is 7. The zero-order chi connectivity index (χ0) is 28.8. The van der Waals surface area contributed by atoms with Gasteiger partial charge in [-0.15, -0.1) is 13.2 Å². The first kappa shape index (κ1) is 27.6. The van der Waals surface area contributed by atoms with Crippen molar-refractivity contribution < 1.29 is 32.0 Å². The number of anilines is 2. The highest BCUT2D eigenvalue weighted by Gasteiger charge is 2.46. The van der Waals surface area contributed by atoms with Crippen molar-refractivity contribution in [1.29, 1.82) is 0 Å². The summed E-state index contributed by atoms with van der Waals surface area (Å²) >= 11 is 0. The van der Waals surface area contributed by atoms with Crippen LogP contribution in [0.4, 0.5) is 24.5 Å². The molecule has 0 spiro atoms. The summed E-state index contributed by atoms with van der Waals surface area (Å²) in [6.45, 7) is 4.01. The molecule has 0 amide bonds. The summed E-state index contributed by atoms with van der Waals surface area (Å²) < 4.78 is 64.9. The van der Waals surface area contributed by atoms with Crippen LogP contribution in [0.5, 0.6) is 17.2 Å². The fourth-order valence-electron chi connectivity index (χ4n) is 5.83. The highest BCUT2D eigenvalue weighted by molar-refractivity contribution is 7.75. The van der Waals surface area contributed by atoms with Crippen LogP contribution < -0.4 is 14.4 Å². The number of aliphatic imine (C=N–C) groups is 1. The molecule has 0 aromatic heterocycles. The van der Waals surface area contributed by atoms with Gasteiger partial charge >= 0.3 is 6.36 Å². The first-order valence-corrected chi connectivity index (χ1v) is 14.7. The van der Waals surface area contributed by atoms with E-state index < -0.39 is 23.1 Å². The standard InChI is InChI=1S/C30H30F3N3O4S/c1-34-22-5-4-7-24(28(22)37)36-23-6-2-3-8-26(23)39-27-14-9-19(17-25(27)36)29(15-16-29)18-35-41(38)21-12-10-20(11-13-21)40-30(31,32)33/h2-3,6,8-14,17,22,24,28,37,41H,1,4-5,7,15-16,18H2/t22-,24+,28+/m1/s1. The molecule has 3 aromatic carbocycles. The third-order valence-corrected chi connectivity index (χ3v) is 9.31. The molecular weight excluding hydrogens is 555 g/mol. The number of aliphatic hydroxyl groups is 1. The van der Waals surface area contributed by atoms with Crippen molar-refractivity contribution in [3.63, 3.8) is 0 Å². The average Bonchev–Trinajstić information content (AvgIpc) is 3.75. The van der Waals surface area contributed by atoms with Gasteiger partial charge in [0.25, 0.3) is 0 Å². The summed E-state index contributed by atoms with van der Waals surface area (Å²) in [7, 11) is -2.16. The third kappa shape index (κ3) is 5.52. The number of fused-ring (bicyclic) bond motifs is 2. The van der Waals surface area contributed by atoms with Crippen molar-refractivity contribution in [3.8, 4) is 17.2 Å². The molecule has 1 aliphatic heterocycles. The second-order valence-corrected chi connectivity index (χ2v) is 12.1. The van der Waals surface area contributed by atoms with Gasteiger partial charge < -0.3 is 19.5 Å². The number of para-hydroxylation sites is 2.